The van der Waals surface area contributed by atoms with Gasteiger partial charge in [-0.15, -0.1) is 0 Å². The average Bonchev–Trinajstić information content (AvgIpc) is 2.44. The molecule has 7 heteroatoms. The van der Waals surface area contributed by atoms with Gasteiger partial charge in [0.2, 0.25) is 0 Å². The van der Waals surface area contributed by atoms with Crippen molar-refractivity contribution in [3.05, 3.63) is 60.6 Å². The molecule has 0 aliphatic carbocycles. The Morgan fingerprint density at radius 1 is 1.29 bits per heavy atom. The Morgan fingerprint density at radius 3 is 2.62 bits per heavy atom. The highest BCUT2D eigenvalue weighted by atomic mass is 79.9. The number of hydrogen-bond acceptors (Lipinski definition) is 3. The van der Waals surface area contributed by atoms with Gasteiger partial charge in [0, 0.05) is 32.5 Å². The van der Waals surface area contributed by atoms with Gasteiger partial charge in [0.25, 0.3) is 5.56 Å². The van der Waals surface area contributed by atoms with E-state index in [1.54, 1.807) is 13.1 Å². The van der Waals surface area contributed by atoms with E-state index in [-0.39, 0.29) is 23.6 Å². The zero-order valence-corrected chi connectivity index (χ0v) is 13.5. The summed E-state index contributed by atoms with van der Waals surface area (Å²) in [6.07, 6.45) is 1.49. The molecule has 2 aromatic rings. The van der Waals surface area contributed by atoms with E-state index in [4.69, 9.17) is 0 Å². The van der Waals surface area contributed by atoms with Gasteiger partial charge in [-0.2, -0.15) is 0 Å². The molecule has 1 N–H and O–H groups in total. The first-order chi connectivity index (χ1) is 9.81. The van der Waals surface area contributed by atoms with Crippen molar-refractivity contribution in [2.24, 2.45) is 14.1 Å². The summed E-state index contributed by atoms with van der Waals surface area (Å²) >= 11 is 3.12. The number of hydrogen-bond donors (Lipinski definition) is 1. The maximum Gasteiger partial charge on any atom is 0.330 e. The highest BCUT2D eigenvalue weighted by molar-refractivity contribution is 9.10. The zero-order valence-electron chi connectivity index (χ0n) is 11.9. The summed E-state index contributed by atoms with van der Waals surface area (Å²) < 4.78 is 16.3. The van der Waals surface area contributed by atoms with E-state index in [2.05, 4.69) is 21.2 Å². The maximum atomic E-state index is 13.5. The lowest BCUT2D eigenvalue weighted by Crippen LogP contribution is -2.38. The van der Waals surface area contributed by atoms with Crippen LogP contribution in [-0.2, 0) is 20.6 Å². The van der Waals surface area contributed by atoms with E-state index in [0.29, 0.717) is 15.7 Å². The van der Waals surface area contributed by atoms with Gasteiger partial charge in [0.15, 0.2) is 0 Å². The number of nitrogens with one attached hydrogen (secondary N) is 1. The van der Waals surface area contributed by atoms with Crippen LogP contribution in [0.2, 0.25) is 0 Å². The summed E-state index contributed by atoms with van der Waals surface area (Å²) in [4.78, 5) is 23.6. The highest BCUT2D eigenvalue weighted by Crippen LogP contribution is 2.24. The van der Waals surface area contributed by atoms with E-state index < -0.39 is 0 Å². The minimum atomic E-state index is -0.380. The van der Waals surface area contributed by atoms with Crippen LogP contribution in [0.15, 0.2) is 32.4 Å². The van der Waals surface area contributed by atoms with Crippen molar-refractivity contribution in [1.82, 2.24) is 9.13 Å². The fourth-order valence-electron chi connectivity index (χ4n) is 2.03. The second-order valence-corrected chi connectivity index (χ2v) is 5.70. The molecule has 1 aromatic heterocycles. The Labute approximate surface area is 129 Å². The minimum absolute atomic E-state index is 0.211. The van der Waals surface area contributed by atoms with Gasteiger partial charge in [0.05, 0.1) is 10.0 Å². The Kier molecular flexibility index (Phi) is 4.32. The van der Waals surface area contributed by atoms with Gasteiger partial charge < -0.3 is 9.88 Å². The molecule has 0 atom stereocenters. The quantitative estimate of drug-likeness (QED) is 0.914. The van der Waals surface area contributed by atoms with Crippen molar-refractivity contribution in [2.45, 2.75) is 13.5 Å². The number of aromatic nitrogens is 2. The van der Waals surface area contributed by atoms with Gasteiger partial charge in [-0.25, -0.2) is 9.18 Å². The van der Waals surface area contributed by atoms with Crippen LogP contribution in [0.25, 0.3) is 0 Å². The summed E-state index contributed by atoms with van der Waals surface area (Å²) in [5, 5.41) is 3.02. The summed E-state index contributed by atoms with van der Waals surface area (Å²) in [6, 6.07) is 3.03. The van der Waals surface area contributed by atoms with E-state index in [1.807, 2.05) is 6.92 Å². The first-order valence-corrected chi connectivity index (χ1v) is 7.05. The van der Waals surface area contributed by atoms with E-state index in [1.165, 1.54) is 23.9 Å². The van der Waals surface area contributed by atoms with Crippen LogP contribution in [0.3, 0.4) is 0 Å². The molecule has 0 aliphatic heterocycles. The molecule has 1 aromatic carbocycles. The van der Waals surface area contributed by atoms with Crippen LogP contribution in [0, 0.1) is 12.7 Å². The maximum absolute atomic E-state index is 13.5. The Hall–Kier alpha value is -1.89. The lowest BCUT2D eigenvalue weighted by Gasteiger charge is -2.12. The first-order valence-electron chi connectivity index (χ1n) is 6.26. The molecule has 0 aliphatic rings. The fraction of sp³-hybridized carbons (Fsp3) is 0.286. The monoisotopic (exact) mass is 355 g/mol. The van der Waals surface area contributed by atoms with Crippen LogP contribution in [0.4, 0.5) is 10.1 Å². The molecule has 21 heavy (non-hydrogen) atoms. The average molecular weight is 356 g/mol. The predicted molar refractivity (Wildman–Crippen MR) is 83.1 cm³/mol. The third-order valence-corrected chi connectivity index (χ3v) is 3.86. The van der Waals surface area contributed by atoms with E-state index in [0.717, 1.165) is 10.1 Å². The number of nitrogens with zero attached hydrogens (tertiary/aromatic N) is 2. The second-order valence-electron chi connectivity index (χ2n) is 4.85. The molecular weight excluding hydrogens is 341 g/mol. The second kappa shape index (κ2) is 5.85. The standard InChI is InChI=1S/C14H15BrFN3O2/c1-8-4-10(15)11(16)5-12(8)17-6-9-7-18(2)14(21)19(3)13(9)20/h4-5,7,17H,6H2,1-3H3. The Balaban J connectivity index is 2.31. The molecule has 2 rings (SSSR count). The van der Waals surface area contributed by atoms with Gasteiger partial charge in [0.1, 0.15) is 5.82 Å². The van der Waals surface area contributed by atoms with Crippen LogP contribution < -0.4 is 16.6 Å². The molecule has 112 valence electrons. The lowest BCUT2D eigenvalue weighted by atomic mass is 10.2. The minimum Gasteiger partial charge on any atom is -0.380 e. The Morgan fingerprint density at radius 2 is 1.95 bits per heavy atom. The van der Waals surface area contributed by atoms with Crippen molar-refractivity contribution >= 4 is 21.6 Å². The molecule has 5 nitrogen and oxygen atoms in total. The van der Waals surface area contributed by atoms with Crippen LogP contribution in [0.5, 0.6) is 0 Å². The van der Waals surface area contributed by atoms with E-state index >= 15 is 0 Å². The Bertz CT molecular complexity index is 811. The molecule has 1 heterocycles. The number of rotatable bonds is 3. The van der Waals surface area contributed by atoms with Crippen molar-refractivity contribution < 1.29 is 4.39 Å². The van der Waals surface area contributed by atoms with E-state index in [9.17, 15) is 14.0 Å². The first kappa shape index (κ1) is 15.5. The van der Waals surface area contributed by atoms with Crippen LogP contribution >= 0.6 is 15.9 Å². The van der Waals surface area contributed by atoms with Crippen LogP contribution in [-0.4, -0.2) is 9.13 Å². The van der Waals surface area contributed by atoms with Crippen LogP contribution in [0.1, 0.15) is 11.1 Å². The third-order valence-electron chi connectivity index (χ3n) is 3.25. The summed E-state index contributed by atoms with van der Waals surface area (Å²) in [7, 11) is 3.01. The van der Waals surface area contributed by atoms with Gasteiger partial charge in [-0.1, -0.05) is 0 Å². The summed E-state index contributed by atoms with van der Waals surface area (Å²) in [6.45, 7) is 2.05. The number of benzene rings is 1. The zero-order chi connectivity index (χ0) is 15.7. The summed E-state index contributed by atoms with van der Waals surface area (Å²) in [5.74, 6) is -0.378. The lowest BCUT2D eigenvalue weighted by molar-refractivity contribution is 0.621. The third kappa shape index (κ3) is 3.07. The fourth-order valence-corrected chi connectivity index (χ4v) is 2.49. The van der Waals surface area contributed by atoms with Crippen molar-refractivity contribution in [3.63, 3.8) is 0 Å². The largest absolute Gasteiger partial charge is 0.380 e. The molecule has 0 spiro atoms. The molecule has 0 fully saturated rings. The van der Waals surface area contributed by atoms with Crippen molar-refractivity contribution in [3.8, 4) is 0 Å². The molecule has 0 unspecified atom stereocenters. The van der Waals surface area contributed by atoms with Gasteiger partial charge in [-0.05, 0) is 40.5 Å². The molecule has 0 radical (unpaired) electrons. The topological polar surface area (TPSA) is 56.0 Å². The smallest absolute Gasteiger partial charge is 0.330 e. The highest BCUT2D eigenvalue weighted by Gasteiger charge is 2.09. The number of halogens is 2. The number of aryl methyl sites for hydroxylation is 2. The molecule has 0 saturated carbocycles. The number of anilines is 1. The molecule has 0 saturated heterocycles. The summed E-state index contributed by atoms with van der Waals surface area (Å²) in [5.41, 5.74) is 1.15. The SMILES string of the molecule is Cc1cc(Br)c(F)cc1NCc1cn(C)c(=O)n(C)c1=O. The van der Waals surface area contributed by atoms with Gasteiger partial charge >= 0.3 is 5.69 Å². The normalized spacial score (nSPS) is 10.7. The molecule has 0 bridgehead atoms. The van der Waals surface area contributed by atoms with Crippen molar-refractivity contribution in [1.29, 1.82) is 0 Å². The van der Waals surface area contributed by atoms with Crippen molar-refractivity contribution in [2.75, 3.05) is 5.32 Å². The molecule has 0 amide bonds. The predicted octanol–water partition coefficient (Wildman–Crippen LogP) is 1.91. The van der Waals surface area contributed by atoms with Gasteiger partial charge in [-0.3, -0.25) is 9.36 Å². The molecular formula is C14H15BrFN3O2.